The van der Waals surface area contributed by atoms with Gasteiger partial charge in [-0.1, -0.05) is 42.8 Å². The molecule has 2 aromatic rings. The van der Waals surface area contributed by atoms with Crippen molar-refractivity contribution in [2.75, 3.05) is 0 Å². The topological polar surface area (TPSA) is 38.1 Å². The van der Waals surface area contributed by atoms with Gasteiger partial charge in [-0.25, -0.2) is 0 Å². The molecule has 1 atom stereocenters. The van der Waals surface area contributed by atoms with Crippen LogP contribution in [-0.4, -0.2) is 14.9 Å². The Bertz CT molecular complexity index is 560. The number of aliphatic hydroxyl groups excluding tert-OH is 1. The Balaban J connectivity index is 2.18. The van der Waals surface area contributed by atoms with Gasteiger partial charge in [-0.3, -0.25) is 4.68 Å². The van der Waals surface area contributed by atoms with Crippen LogP contribution in [0.5, 0.6) is 0 Å². The van der Waals surface area contributed by atoms with Crippen LogP contribution in [0.15, 0.2) is 24.3 Å². The smallest absolute Gasteiger partial charge is 0.132 e. The van der Waals surface area contributed by atoms with Gasteiger partial charge in [-0.15, -0.1) is 0 Å². The first-order chi connectivity index (χ1) is 9.02. The van der Waals surface area contributed by atoms with Crippen molar-refractivity contribution in [3.8, 4) is 0 Å². The summed E-state index contributed by atoms with van der Waals surface area (Å²) in [4.78, 5) is 0. The summed E-state index contributed by atoms with van der Waals surface area (Å²) >= 11 is 6.16. The molecule has 102 valence electrons. The third-order valence-corrected chi connectivity index (χ3v) is 3.84. The fourth-order valence-electron chi connectivity index (χ4n) is 2.26. The van der Waals surface area contributed by atoms with Gasteiger partial charge in [0.1, 0.15) is 5.15 Å². The highest BCUT2D eigenvalue weighted by Gasteiger charge is 2.19. The summed E-state index contributed by atoms with van der Waals surface area (Å²) in [5.74, 6) is 0. The summed E-state index contributed by atoms with van der Waals surface area (Å²) in [6.07, 6.45) is 0.959. The molecule has 0 aliphatic carbocycles. The van der Waals surface area contributed by atoms with Crippen molar-refractivity contribution in [3.05, 3.63) is 51.8 Å². The average molecular weight is 279 g/mol. The Morgan fingerprint density at radius 1 is 1.26 bits per heavy atom. The molecule has 0 saturated carbocycles. The maximum Gasteiger partial charge on any atom is 0.132 e. The molecule has 1 unspecified atom stereocenters. The molecule has 4 heteroatoms. The molecule has 0 radical (unpaired) electrons. The van der Waals surface area contributed by atoms with Crippen LogP contribution >= 0.6 is 11.6 Å². The number of aryl methyl sites for hydroxylation is 3. The molecular weight excluding hydrogens is 260 g/mol. The second-order valence-electron chi connectivity index (χ2n) is 4.80. The summed E-state index contributed by atoms with van der Waals surface area (Å²) in [5.41, 5.74) is 3.91. The normalized spacial score (nSPS) is 12.7. The summed E-state index contributed by atoms with van der Waals surface area (Å²) in [6, 6.07) is 8.31. The number of benzene rings is 1. The Kier molecular flexibility index (Phi) is 4.27. The lowest BCUT2D eigenvalue weighted by Gasteiger charge is -2.11. The van der Waals surface area contributed by atoms with Crippen LogP contribution in [0.3, 0.4) is 0 Å². The summed E-state index contributed by atoms with van der Waals surface area (Å²) in [7, 11) is 1.78. The van der Waals surface area contributed by atoms with Crippen LogP contribution in [0.4, 0.5) is 0 Å². The van der Waals surface area contributed by atoms with E-state index < -0.39 is 6.10 Å². The van der Waals surface area contributed by atoms with Crippen LogP contribution in [0, 0.1) is 6.92 Å². The van der Waals surface area contributed by atoms with Gasteiger partial charge in [-0.2, -0.15) is 5.10 Å². The maximum absolute atomic E-state index is 10.3. The zero-order valence-corrected chi connectivity index (χ0v) is 12.3. The van der Waals surface area contributed by atoms with Gasteiger partial charge in [-0.05, 0) is 24.5 Å². The molecule has 0 bridgehead atoms. The Hall–Kier alpha value is -1.32. The van der Waals surface area contributed by atoms with E-state index >= 15 is 0 Å². The SMILES string of the molecule is CCc1ccc(CC(O)c2c(C)nn(C)c2Cl)cc1. The van der Waals surface area contributed by atoms with Crippen molar-refractivity contribution in [1.29, 1.82) is 0 Å². The first kappa shape index (κ1) is 14.1. The molecule has 19 heavy (non-hydrogen) atoms. The molecule has 0 saturated heterocycles. The summed E-state index contributed by atoms with van der Waals surface area (Å²) in [5, 5.41) is 15.1. The van der Waals surface area contributed by atoms with Crippen LogP contribution in [0.1, 0.15) is 35.4 Å². The van der Waals surface area contributed by atoms with Crippen LogP contribution < -0.4 is 0 Å². The third kappa shape index (κ3) is 2.99. The molecule has 1 heterocycles. The summed E-state index contributed by atoms with van der Waals surface area (Å²) < 4.78 is 1.59. The average Bonchev–Trinajstić information content (AvgIpc) is 2.64. The number of aliphatic hydroxyl groups is 1. The van der Waals surface area contributed by atoms with Crippen molar-refractivity contribution in [1.82, 2.24) is 9.78 Å². The predicted octanol–water partition coefficient (Wildman–Crippen LogP) is 3.22. The van der Waals surface area contributed by atoms with Crippen LogP contribution in [0.2, 0.25) is 5.15 Å². The van der Waals surface area contributed by atoms with Gasteiger partial charge in [0, 0.05) is 19.0 Å². The predicted molar refractivity (Wildman–Crippen MR) is 77.4 cm³/mol. The standard InChI is InChI=1S/C15H19ClN2O/c1-4-11-5-7-12(8-6-11)9-13(19)14-10(2)17-18(3)15(14)16/h5-8,13,19H,4,9H2,1-3H3. The Morgan fingerprint density at radius 3 is 2.32 bits per heavy atom. The monoisotopic (exact) mass is 278 g/mol. The van der Waals surface area contributed by atoms with Crippen LogP contribution in [-0.2, 0) is 19.9 Å². The fourth-order valence-corrected chi connectivity index (χ4v) is 2.56. The van der Waals surface area contributed by atoms with E-state index in [-0.39, 0.29) is 0 Å². The molecule has 0 aliphatic heterocycles. The van der Waals surface area contributed by atoms with Crippen molar-refractivity contribution in [3.63, 3.8) is 0 Å². The molecular formula is C15H19ClN2O. The second kappa shape index (κ2) is 5.76. The fraction of sp³-hybridized carbons (Fsp3) is 0.400. The van der Waals surface area contributed by atoms with Gasteiger partial charge < -0.3 is 5.11 Å². The first-order valence-corrected chi connectivity index (χ1v) is 6.85. The highest BCUT2D eigenvalue weighted by molar-refractivity contribution is 6.30. The van der Waals surface area contributed by atoms with Gasteiger partial charge in [0.15, 0.2) is 0 Å². The molecule has 1 aromatic carbocycles. The molecule has 0 fully saturated rings. The van der Waals surface area contributed by atoms with Crippen molar-refractivity contribution >= 4 is 11.6 Å². The minimum Gasteiger partial charge on any atom is -0.388 e. The van der Waals surface area contributed by atoms with Crippen molar-refractivity contribution in [2.45, 2.75) is 32.8 Å². The Morgan fingerprint density at radius 2 is 1.84 bits per heavy atom. The van der Waals surface area contributed by atoms with E-state index in [0.29, 0.717) is 11.6 Å². The Labute approximate surface area is 118 Å². The lowest BCUT2D eigenvalue weighted by Crippen LogP contribution is -2.03. The van der Waals surface area contributed by atoms with Crippen molar-refractivity contribution in [2.24, 2.45) is 7.05 Å². The molecule has 1 aromatic heterocycles. The molecule has 0 aliphatic rings. The minimum absolute atomic E-state index is 0.509. The number of halogens is 1. The van der Waals surface area contributed by atoms with E-state index in [1.165, 1.54) is 5.56 Å². The highest BCUT2D eigenvalue weighted by atomic mass is 35.5. The maximum atomic E-state index is 10.3. The number of hydrogen-bond acceptors (Lipinski definition) is 2. The first-order valence-electron chi connectivity index (χ1n) is 6.47. The van der Waals surface area contributed by atoms with Gasteiger partial charge in [0.05, 0.1) is 11.8 Å². The largest absolute Gasteiger partial charge is 0.388 e. The second-order valence-corrected chi connectivity index (χ2v) is 5.16. The van der Waals surface area contributed by atoms with E-state index in [2.05, 4.69) is 36.3 Å². The van der Waals surface area contributed by atoms with Gasteiger partial charge >= 0.3 is 0 Å². The molecule has 1 N–H and O–H groups in total. The quantitative estimate of drug-likeness (QED) is 0.932. The number of aromatic nitrogens is 2. The van der Waals surface area contributed by atoms with E-state index in [4.69, 9.17) is 11.6 Å². The lowest BCUT2D eigenvalue weighted by molar-refractivity contribution is 0.178. The number of nitrogens with zero attached hydrogens (tertiary/aromatic N) is 2. The number of rotatable bonds is 4. The van der Waals surface area contributed by atoms with E-state index in [1.807, 2.05) is 6.92 Å². The van der Waals surface area contributed by atoms with Crippen LogP contribution in [0.25, 0.3) is 0 Å². The lowest BCUT2D eigenvalue weighted by atomic mass is 10.0. The van der Waals surface area contributed by atoms with Crippen molar-refractivity contribution < 1.29 is 5.11 Å². The third-order valence-electron chi connectivity index (χ3n) is 3.39. The van der Waals surface area contributed by atoms with E-state index in [9.17, 15) is 5.11 Å². The van der Waals surface area contributed by atoms with E-state index in [1.54, 1.807) is 11.7 Å². The molecule has 0 amide bonds. The molecule has 0 spiro atoms. The van der Waals surface area contributed by atoms with Gasteiger partial charge in [0.2, 0.25) is 0 Å². The molecule has 3 nitrogen and oxygen atoms in total. The highest BCUT2D eigenvalue weighted by Crippen LogP contribution is 2.28. The minimum atomic E-state index is -0.617. The van der Waals surface area contributed by atoms with E-state index in [0.717, 1.165) is 23.2 Å². The zero-order valence-electron chi connectivity index (χ0n) is 11.5. The molecule has 2 rings (SSSR count). The zero-order chi connectivity index (χ0) is 14.0. The summed E-state index contributed by atoms with van der Waals surface area (Å²) in [6.45, 7) is 3.99. The van der Waals surface area contributed by atoms with Gasteiger partial charge in [0.25, 0.3) is 0 Å². The number of hydrogen-bond donors (Lipinski definition) is 1.